The first-order chi connectivity index (χ1) is 8.56. The van der Waals surface area contributed by atoms with Crippen molar-refractivity contribution in [1.29, 1.82) is 0 Å². The maximum absolute atomic E-state index is 12.1. The SMILES string of the molecule is CC(C)CNC(=O)C(C)N1CCC2CCC(C1)N2. The molecule has 2 N–H and O–H groups in total. The summed E-state index contributed by atoms with van der Waals surface area (Å²) in [6, 6.07) is 1.29. The van der Waals surface area contributed by atoms with Crippen LogP contribution in [0.5, 0.6) is 0 Å². The zero-order valence-electron chi connectivity index (χ0n) is 11.9. The van der Waals surface area contributed by atoms with Gasteiger partial charge in [-0.05, 0) is 32.1 Å². The first-order valence-electron chi connectivity index (χ1n) is 7.34. The van der Waals surface area contributed by atoms with E-state index < -0.39 is 0 Å². The molecule has 2 heterocycles. The quantitative estimate of drug-likeness (QED) is 0.785. The predicted molar refractivity (Wildman–Crippen MR) is 73.4 cm³/mol. The molecule has 2 fully saturated rings. The molecule has 3 unspecified atom stereocenters. The maximum Gasteiger partial charge on any atom is 0.237 e. The number of rotatable bonds is 4. The van der Waals surface area contributed by atoms with Crippen LogP contribution < -0.4 is 10.6 Å². The van der Waals surface area contributed by atoms with Crippen molar-refractivity contribution in [2.45, 2.75) is 58.2 Å². The Hall–Kier alpha value is -0.610. The van der Waals surface area contributed by atoms with Crippen LogP contribution in [-0.2, 0) is 4.79 Å². The fraction of sp³-hybridized carbons (Fsp3) is 0.929. The number of carbonyl (C=O) groups excluding carboxylic acids is 1. The lowest BCUT2D eigenvalue weighted by Gasteiger charge is -2.29. The van der Waals surface area contributed by atoms with Gasteiger partial charge in [0.1, 0.15) is 0 Å². The van der Waals surface area contributed by atoms with Gasteiger partial charge >= 0.3 is 0 Å². The first kappa shape index (κ1) is 13.8. The minimum atomic E-state index is 0.00454. The van der Waals surface area contributed by atoms with Crippen LogP contribution in [0.1, 0.15) is 40.0 Å². The summed E-state index contributed by atoms with van der Waals surface area (Å²) in [5.41, 5.74) is 0. The fourth-order valence-electron chi connectivity index (χ4n) is 2.94. The van der Waals surface area contributed by atoms with Crippen LogP contribution in [0.3, 0.4) is 0 Å². The van der Waals surface area contributed by atoms with Crippen molar-refractivity contribution >= 4 is 5.91 Å². The Bertz CT molecular complexity index is 293. The third-order valence-corrected chi connectivity index (χ3v) is 4.17. The Balaban J connectivity index is 1.84. The molecule has 0 aliphatic carbocycles. The molecule has 2 aliphatic heterocycles. The van der Waals surface area contributed by atoms with Crippen molar-refractivity contribution in [2.75, 3.05) is 19.6 Å². The summed E-state index contributed by atoms with van der Waals surface area (Å²) in [5.74, 6) is 0.699. The molecule has 2 bridgehead atoms. The molecular weight excluding hydrogens is 226 g/mol. The Kier molecular flexibility index (Phi) is 4.62. The molecular formula is C14H27N3O. The summed E-state index contributed by atoms with van der Waals surface area (Å²) < 4.78 is 0. The number of likely N-dealkylation sites (tertiary alicyclic amines) is 1. The second-order valence-corrected chi connectivity index (χ2v) is 6.24. The van der Waals surface area contributed by atoms with Crippen LogP contribution in [0.25, 0.3) is 0 Å². The molecule has 104 valence electrons. The number of hydrogen-bond acceptors (Lipinski definition) is 3. The van der Waals surface area contributed by atoms with Crippen LogP contribution >= 0.6 is 0 Å². The molecule has 2 saturated heterocycles. The lowest BCUT2D eigenvalue weighted by atomic mass is 10.1. The Morgan fingerprint density at radius 1 is 1.28 bits per heavy atom. The van der Waals surface area contributed by atoms with Crippen molar-refractivity contribution in [3.63, 3.8) is 0 Å². The summed E-state index contributed by atoms with van der Waals surface area (Å²) in [5, 5.41) is 6.70. The summed E-state index contributed by atoms with van der Waals surface area (Å²) in [6.07, 6.45) is 3.76. The van der Waals surface area contributed by atoms with Gasteiger partial charge in [-0.15, -0.1) is 0 Å². The average Bonchev–Trinajstić information content (AvgIpc) is 2.65. The monoisotopic (exact) mass is 253 g/mol. The highest BCUT2D eigenvalue weighted by Gasteiger charge is 2.32. The topological polar surface area (TPSA) is 44.4 Å². The van der Waals surface area contributed by atoms with Gasteiger partial charge in [0.05, 0.1) is 6.04 Å². The molecule has 4 heteroatoms. The third-order valence-electron chi connectivity index (χ3n) is 4.17. The molecule has 0 aromatic heterocycles. The largest absolute Gasteiger partial charge is 0.354 e. The molecule has 1 amide bonds. The summed E-state index contributed by atoms with van der Waals surface area (Å²) in [4.78, 5) is 14.4. The molecule has 0 saturated carbocycles. The van der Waals surface area contributed by atoms with Crippen LogP contribution in [0.2, 0.25) is 0 Å². The van der Waals surface area contributed by atoms with Gasteiger partial charge in [-0.2, -0.15) is 0 Å². The van der Waals surface area contributed by atoms with Crippen molar-refractivity contribution in [3.05, 3.63) is 0 Å². The molecule has 0 radical (unpaired) electrons. The number of fused-ring (bicyclic) bond motifs is 2. The van der Waals surface area contributed by atoms with Gasteiger partial charge < -0.3 is 10.6 Å². The smallest absolute Gasteiger partial charge is 0.237 e. The average molecular weight is 253 g/mol. The normalized spacial score (nSPS) is 30.2. The summed E-state index contributed by atoms with van der Waals surface area (Å²) in [6.45, 7) is 9.13. The number of amides is 1. The van der Waals surface area contributed by atoms with E-state index in [1.165, 1.54) is 19.3 Å². The Labute approximate surface area is 110 Å². The van der Waals surface area contributed by atoms with E-state index in [0.717, 1.165) is 19.6 Å². The molecule has 0 aromatic carbocycles. The van der Waals surface area contributed by atoms with Gasteiger partial charge in [0, 0.05) is 31.7 Å². The molecule has 0 aromatic rings. The van der Waals surface area contributed by atoms with Crippen LogP contribution in [-0.4, -0.2) is 48.6 Å². The molecule has 0 spiro atoms. The standard InChI is InChI=1S/C14H27N3O/c1-10(2)8-15-14(18)11(3)17-7-6-12-4-5-13(9-17)16-12/h10-13,16H,4-9H2,1-3H3,(H,15,18). The van der Waals surface area contributed by atoms with Crippen molar-refractivity contribution < 1.29 is 4.79 Å². The van der Waals surface area contributed by atoms with E-state index in [-0.39, 0.29) is 11.9 Å². The Morgan fingerprint density at radius 3 is 2.72 bits per heavy atom. The highest BCUT2D eigenvalue weighted by molar-refractivity contribution is 5.81. The molecule has 4 nitrogen and oxygen atoms in total. The predicted octanol–water partition coefficient (Wildman–Crippen LogP) is 0.973. The van der Waals surface area contributed by atoms with Gasteiger partial charge in [-0.3, -0.25) is 9.69 Å². The van der Waals surface area contributed by atoms with Gasteiger partial charge in [0.25, 0.3) is 0 Å². The number of nitrogens with one attached hydrogen (secondary N) is 2. The second-order valence-electron chi connectivity index (χ2n) is 6.24. The number of nitrogens with zero attached hydrogens (tertiary/aromatic N) is 1. The third kappa shape index (κ3) is 3.45. The second kappa shape index (κ2) is 6.02. The molecule has 2 rings (SSSR count). The van der Waals surface area contributed by atoms with Gasteiger partial charge in [-0.25, -0.2) is 0 Å². The summed E-state index contributed by atoms with van der Waals surface area (Å²) >= 11 is 0. The van der Waals surface area contributed by atoms with E-state index in [1.807, 2.05) is 6.92 Å². The van der Waals surface area contributed by atoms with E-state index in [0.29, 0.717) is 18.0 Å². The highest BCUT2D eigenvalue weighted by Crippen LogP contribution is 2.21. The number of carbonyl (C=O) groups is 1. The minimum absolute atomic E-state index is 0.00454. The van der Waals surface area contributed by atoms with Gasteiger partial charge in [0.15, 0.2) is 0 Å². The summed E-state index contributed by atoms with van der Waals surface area (Å²) in [7, 11) is 0. The zero-order chi connectivity index (χ0) is 13.1. The lowest BCUT2D eigenvalue weighted by molar-refractivity contribution is -0.126. The van der Waals surface area contributed by atoms with E-state index >= 15 is 0 Å². The van der Waals surface area contributed by atoms with Crippen molar-refractivity contribution in [1.82, 2.24) is 15.5 Å². The van der Waals surface area contributed by atoms with E-state index in [1.54, 1.807) is 0 Å². The van der Waals surface area contributed by atoms with Gasteiger partial charge in [-0.1, -0.05) is 13.8 Å². The lowest BCUT2D eigenvalue weighted by Crippen LogP contribution is -2.48. The Morgan fingerprint density at radius 2 is 2.00 bits per heavy atom. The zero-order valence-corrected chi connectivity index (χ0v) is 11.9. The van der Waals surface area contributed by atoms with E-state index in [4.69, 9.17) is 0 Å². The van der Waals surface area contributed by atoms with Crippen molar-refractivity contribution in [3.8, 4) is 0 Å². The van der Waals surface area contributed by atoms with Crippen LogP contribution in [0, 0.1) is 5.92 Å². The first-order valence-corrected chi connectivity index (χ1v) is 7.34. The van der Waals surface area contributed by atoms with E-state index in [9.17, 15) is 4.79 Å². The molecule has 3 atom stereocenters. The molecule has 2 aliphatic rings. The van der Waals surface area contributed by atoms with Crippen LogP contribution in [0.4, 0.5) is 0 Å². The minimum Gasteiger partial charge on any atom is -0.354 e. The highest BCUT2D eigenvalue weighted by atomic mass is 16.2. The fourth-order valence-corrected chi connectivity index (χ4v) is 2.94. The van der Waals surface area contributed by atoms with Crippen molar-refractivity contribution in [2.24, 2.45) is 5.92 Å². The van der Waals surface area contributed by atoms with E-state index in [2.05, 4.69) is 29.4 Å². The van der Waals surface area contributed by atoms with Crippen LogP contribution in [0.15, 0.2) is 0 Å². The molecule has 18 heavy (non-hydrogen) atoms. The van der Waals surface area contributed by atoms with Gasteiger partial charge in [0.2, 0.25) is 5.91 Å². The number of hydrogen-bond donors (Lipinski definition) is 2. The maximum atomic E-state index is 12.1.